The van der Waals surface area contributed by atoms with Crippen LogP contribution < -0.4 is 5.73 Å². The molecule has 0 radical (unpaired) electrons. The summed E-state index contributed by atoms with van der Waals surface area (Å²) in [5.74, 6) is 1.04. The van der Waals surface area contributed by atoms with Crippen LogP contribution in [0.4, 0.5) is 0 Å². The summed E-state index contributed by atoms with van der Waals surface area (Å²) in [6.07, 6.45) is 3.61. The van der Waals surface area contributed by atoms with E-state index in [1.807, 2.05) is 0 Å². The molecule has 2 N–H and O–H groups in total. The van der Waals surface area contributed by atoms with Crippen molar-refractivity contribution in [2.75, 3.05) is 12.0 Å². The summed E-state index contributed by atoms with van der Waals surface area (Å²) in [6.45, 7) is 2.07. The third kappa shape index (κ3) is 3.04. The zero-order valence-electron chi connectivity index (χ0n) is 10.0. The first-order chi connectivity index (χ1) is 7.80. The van der Waals surface area contributed by atoms with E-state index in [9.17, 15) is 8.42 Å². The average Bonchev–Trinajstić information content (AvgIpc) is 2.81. The fourth-order valence-electron chi connectivity index (χ4n) is 1.51. The molecule has 1 atom stereocenters. The predicted molar refractivity (Wildman–Crippen MR) is 62.1 cm³/mol. The fraction of sp³-hybridized carbons (Fsp3) is 0.800. The average molecular weight is 259 g/mol. The molecule has 1 saturated carbocycles. The van der Waals surface area contributed by atoms with Gasteiger partial charge < -0.3 is 10.3 Å². The topological polar surface area (TPSA) is 99.1 Å². The molecule has 6 nitrogen and oxygen atoms in total. The molecule has 1 aromatic heterocycles. The van der Waals surface area contributed by atoms with Gasteiger partial charge >= 0.3 is 0 Å². The summed E-state index contributed by atoms with van der Waals surface area (Å²) < 4.78 is 27.1. The van der Waals surface area contributed by atoms with Crippen molar-refractivity contribution in [1.29, 1.82) is 0 Å². The van der Waals surface area contributed by atoms with Gasteiger partial charge in [0.15, 0.2) is 5.82 Å². The number of rotatable bonds is 5. The molecule has 0 aromatic carbocycles. The Hall–Kier alpha value is -0.950. The maximum absolute atomic E-state index is 11.0. The van der Waals surface area contributed by atoms with Gasteiger partial charge in [-0.3, -0.25) is 0 Å². The lowest BCUT2D eigenvalue weighted by Crippen LogP contribution is -2.16. The van der Waals surface area contributed by atoms with E-state index in [2.05, 4.69) is 17.1 Å². The molecule has 2 rings (SSSR count). The number of nitrogens with two attached hydrogens (primary N) is 1. The quantitative estimate of drug-likeness (QED) is 0.829. The highest BCUT2D eigenvalue weighted by Crippen LogP contribution is 2.46. The lowest BCUT2D eigenvalue weighted by molar-refractivity contribution is 0.346. The number of hydrogen-bond donors (Lipinski definition) is 1. The van der Waals surface area contributed by atoms with Gasteiger partial charge in [0, 0.05) is 11.7 Å². The maximum Gasteiger partial charge on any atom is 0.243 e. The van der Waals surface area contributed by atoms with E-state index < -0.39 is 15.9 Å². The highest BCUT2D eigenvalue weighted by atomic mass is 32.2. The minimum Gasteiger partial charge on any atom is -0.338 e. The van der Waals surface area contributed by atoms with E-state index >= 15 is 0 Å². The lowest BCUT2D eigenvalue weighted by Gasteiger charge is -2.04. The van der Waals surface area contributed by atoms with E-state index in [0.29, 0.717) is 18.1 Å². The third-order valence-electron chi connectivity index (χ3n) is 3.10. The van der Waals surface area contributed by atoms with E-state index in [1.165, 1.54) is 6.26 Å². The number of aromatic nitrogens is 2. The molecule has 0 aliphatic heterocycles. The van der Waals surface area contributed by atoms with Crippen LogP contribution in [0.5, 0.6) is 0 Å². The first-order valence-corrected chi connectivity index (χ1v) is 7.64. The Kier molecular flexibility index (Phi) is 2.99. The van der Waals surface area contributed by atoms with Gasteiger partial charge in [-0.05, 0) is 19.3 Å². The van der Waals surface area contributed by atoms with Gasteiger partial charge in [0.05, 0.1) is 11.8 Å². The van der Waals surface area contributed by atoms with Crippen LogP contribution >= 0.6 is 0 Å². The number of sulfone groups is 1. The molecule has 0 bridgehead atoms. The van der Waals surface area contributed by atoms with Gasteiger partial charge in [-0.15, -0.1) is 0 Å². The van der Waals surface area contributed by atoms with E-state index in [1.54, 1.807) is 0 Å². The van der Waals surface area contributed by atoms with Crippen molar-refractivity contribution in [3.63, 3.8) is 0 Å². The molecule has 1 aliphatic rings. The molecule has 17 heavy (non-hydrogen) atoms. The predicted octanol–water partition coefficient (Wildman–Crippen LogP) is 0.556. The standard InChI is InChI=1S/C10H17N3O3S/c1-10(4-5-10)9-12-8(16-13-9)7(11)3-6-17(2,14)15/h7H,3-6,11H2,1-2H3. The third-order valence-corrected chi connectivity index (χ3v) is 4.08. The summed E-state index contributed by atoms with van der Waals surface area (Å²) in [5, 5.41) is 3.90. The highest BCUT2D eigenvalue weighted by molar-refractivity contribution is 7.90. The second kappa shape index (κ2) is 4.06. The summed E-state index contributed by atoms with van der Waals surface area (Å²) in [6, 6.07) is -0.506. The highest BCUT2D eigenvalue weighted by Gasteiger charge is 2.43. The second-order valence-corrected chi connectivity index (χ2v) is 7.30. The fourth-order valence-corrected chi connectivity index (χ4v) is 2.19. The summed E-state index contributed by atoms with van der Waals surface area (Å²) >= 11 is 0. The maximum atomic E-state index is 11.0. The van der Waals surface area contributed by atoms with Crippen molar-refractivity contribution in [3.8, 4) is 0 Å². The minimum atomic E-state index is -3.01. The van der Waals surface area contributed by atoms with Crippen LogP contribution in [-0.4, -0.2) is 30.6 Å². The van der Waals surface area contributed by atoms with Gasteiger partial charge in [-0.1, -0.05) is 12.1 Å². The Morgan fingerprint density at radius 1 is 1.53 bits per heavy atom. The van der Waals surface area contributed by atoms with Crippen molar-refractivity contribution >= 4 is 9.84 Å². The monoisotopic (exact) mass is 259 g/mol. The van der Waals surface area contributed by atoms with Crippen LogP contribution in [-0.2, 0) is 15.3 Å². The molecule has 0 amide bonds. The van der Waals surface area contributed by atoms with E-state index in [4.69, 9.17) is 10.3 Å². The van der Waals surface area contributed by atoms with Crippen LogP contribution in [0.3, 0.4) is 0 Å². The molecule has 1 unspecified atom stereocenters. The van der Waals surface area contributed by atoms with Gasteiger partial charge in [0.1, 0.15) is 9.84 Å². The van der Waals surface area contributed by atoms with Crippen LogP contribution in [0.2, 0.25) is 0 Å². The minimum absolute atomic E-state index is 0.0309. The van der Waals surface area contributed by atoms with Crippen molar-refractivity contribution < 1.29 is 12.9 Å². The number of nitrogens with zero attached hydrogens (tertiary/aromatic N) is 2. The molecule has 1 aliphatic carbocycles. The molecular formula is C10H17N3O3S. The first-order valence-electron chi connectivity index (χ1n) is 5.58. The molecule has 96 valence electrons. The molecule has 0 saturated heterocycles. The Balaban J connectivity index is 2.00. The van der Waals surface area contributed by atoms with Crippen molar-refractivity contribution in [1.82, 2.24) is 10.1 Å². The van der Waals surface area contributed by atoms with Crippen LogP contribution in [0.15, 0.2) is 4.52 Å². The largest absolute Gasteiger partial charge is 0.338 e. The van der Waals surface area contributed by atoms with Gasteiger partial charge in [0.2, 0.25) is 5.89 Å². The van der Waals surface area contributed by atoms with Crippen LogP contribution in [0.1, 0.15) is 43.9 Å². The van der Waals surface area contributed by atoms with Gasteiger partial charge in [-0.25, -0.2) is 8.42 Å². The molecule has 0 spiro atoms. The summed E-state index contributed by atoms with van der Waals surface area (Å²) in [4.78, 5) is 4.25. The lowest BCUT2D eigenvalue weighted by atomic mass is 10.1. The van der Waals surface area contributed by atoms with E-state index in [0.717, 1.165) is 12.8 Å². The normalized spacial score (nSPS) is 20.2. The van der Waals surface area contributed by atoms with Crippen LogP contribution in [0, 0.1) is 0 Å². The van der Waals surface area contributed by atoms with Crippen molar-refractivity contribution in [2.24, 2.45) is 5.73 Å². The second-order valence-electron chi connectivity index (χ2n) is 5.04. The van der Waals surface area contributed by atoms with E-state index in [-0.39, 0.29) is 11.2 Å². The Morgan fingerprint density at radius 2 is 2.18 bits per heavy atom. The number of hydrogen-bond acceptors (Lipinski definition) is 6. The Morgan fingerprint density at radius 3 is 2.71 bits per heavy atom. The van der Waals surface area contributed by atoms with Crippen molar-refractivity contribution in [2.45, 2.75) is 37.6 Å². The molecule has 7 heteroatoms. The van der Waals surface area contributed by atoms with Gasteiger partial charge in [0.25, 0.3) is 0 Å². The smallest absolute Gasteiger partial charge is 0.243 e. The summed E-state index contributed by atoms with van der Waals surface area (Å²) in [5.41, 5.74) is 5.86. The Labute approximate surface area is 100 Å². The van der Waals surface area contributed by atoms with Crippen LogP contribution in [0.25, 0.3) is 0 Å². The SMILES string of the molecule is CC1(c2noc(C(N)CCS(C)(=O)=O)n2)CC1. The summed E-state index contributed by atoms with van der Waals surface area (Å²) in [7, 11) is -3.01. The molecule has 1 aromatic rings. The first kappa shape index (κ1) is 12.5. The molecule has 1 fully saturated rings. The zero-order valence-corrected chi connectivity index (χ0v) is 10.8. The molecule has 1 heterocycles. The Bertz CT molecular complexity index is 505. The molecular weight excluding hydrogens is 242 g/mol. The van der Waals surface area contributed by atoms with Crippen molar-refractivity contribution in [3.05, 3.63) is 11.7 Å². The zero-order chi connectivity index (χ0) is 12.7. The van der Waals surface area contributed by atoms with Gasteiger partial charge in [-0.2, -0.15) is 4.98 Å².